The molecule has 92 valence electrons. The highest BCUT2D eigenvalue weighted by Crippen LogP contribution is 2.18. The van der Waals surface area contributed by atoms with Gasteiger partial charge in [0.25, 0.3) is 0 Å². The molecule has 1 saturated carbocycles. The van der Waals surface area contributed by atoms with Gasteiger partial charge in [0.05, 0.1) is 6.42 Å². The van der Waals surface area contributed by atoms with Crippen molar-refractivity contribution in [1.29, 1.82) is 0 Å². The van der Waals surface area contributed by atoms with E-state index in [1.807, 2.05) is 6.92 Å². The number of nitrogens with one attached hydrogen (secondary N) is 2. The molecule has 1 rings (SSSR count). The van der Waals surface area contributed by atoms with Crippen molar-refractivity contribution in [2.45, 2.75) is 51.1 Å². The van der Waals surface area contributed by atoms with Crippen molar-refractivity contribution in [2.24, 2.45) is 0 Å². The minimum Gasteiger partial charge on any atom is -0.481 e. The molecular weight excluding hydrogens is 208 g/mol. The van der Waals surface area contributed by atoms with E-state index in [2.05, 4.69) is 10.6 Å². The summed E-state index contributed by atoms with van der Waals surface area (Å²) in [6.07, 6.45) is 3.48. The van der Waals surface area contributed by atoms with Crippen LogP contribution in [0, 0.1) is 0 Å². The van der Waals surface area contributed by atoms with Gasteiger partial charge in [-0.1, -0.05) is 6.92 Å². The van der Waals surface area contributed by atoms with E-state index in [4.69, 9.17) is 5.11 Å². The lowest BCUT2D eigenvalue weighted by atomic mass is 10.1. The number of carboxylic acid groups (broad SMARTS) is 1. The highest BCUT2D eigenvalue weighted by atomic mass is 16.4. The van der Waals surface area contributed by atoms with Crippen LogP contribution in [0.3, 0.4) is 0 Å². The summed E-state index contributed by atoms with van der Waals surface area (Å²) >= 11 is 0. The Labute approximate surface area is 95.6 Å². The Bertz CT molecular complexity index is 252. The van der Waals surface area contributed by atoms with Crippen LogP contribution in [0.4, 0.5) is 0 Å². The summed E-state index contributed by atoms with van der Waals surface area (Å²) in [5.41, 5.74) is 0. The van der Waals surface area contributed by atoms with Crippen LogP contribution < -0.4 is 10.6 Å². The Morgan fingerprint density at radius 3 is 2.62 bits per heavy atom. The van der Waals surface area contributed by atoms with Crippen molar-refractivity contribution in [2.75, 3.05) is 6.54 Å². The molecule has 5 heteroatoms. The summed E-state index contributed by atoms with van der Waals surface area (Å²) in [5.74, 6) is -0.940. The maximum atomic E-state index is 11.5. The SMILES string of the molecule is CCC(CC(=O)O)NC(=O)CCNC1CC1. The zero-order valence-corrected chi connectivity index (χ0v) is 9.66. The summed E-state index contributed by atoms with van der Waals surface area (Å²) in [5, 5.41) is 14.6. The lowest BCUT2D eigenvalue weighted by Crippen LogP contribution is -2.37. The Morgan fingerprint density at radius 2 is 2.12 bits per heavy atom. The van der Waals surface area contributed by atoms with E-state index < -0.39 is 5.97 Å². The topological polar surface area (TPSA) is 78.4 Å². The van der Waals surface area contributed by atoms with Gasteiger partial charge in [-0.2, -0.15) is 0 Å². The van der Waals surface area contributed by atoms with E-state index in [-0.39, 0.29) is 18.4 Å². The number of carbonyl (C=O) groups excluding carboxylic acids is 1. The van der Waals surface area contributed by atoms with E-state index in [0.29, 0.717) is 25.4 Å². The number of amides is 1. The summed E-state index contributed by atoms with van der Waals surface area (Å²) in [4.78, 5) is 21.9. The first-order chi connectivity index (χ1) is 7.61. The van der Waals surface area contributed by atoms with Crippen LogP contribution in [0.15, 0.2) is 0 Å². The molecule has 0 aromatic heterocycles. The van der Waals surface area contributed by atoms with E-state index in [0.717, 1.165) is 0 Å². The molecule has 1 aliphatic carbocycles. The monoisotopic (exact) mass is 228 g/mol. The third-order valence-corrected chi connectivity index (χ3v) is 2.64. The Morgan fingerprint density at radius 1 is 1.44 bits per heavy atom. The Hall–Kier alpha value is -1.10. The van der Waals surface area contributed by atoms with E-state index in [1.54, 1.807) is 0 Å². The van der Waals surface area contributed by atoms with Crippen LogP contribution in [-0.4, -0.2) is 35.6 Å². The molecule has 16 heavy (non-hydrogen) atoms. The van der Waals surface area contributed by atoms with Crippen molar-refractivity contribution in [3.8, 4) is 0 Å². The fourth-order valence-electron chi connectivity index (χ4n) is 1.49. The molecule has 0 spiro atoms. The average Bonchev–Trinajstić information content (AvgIpc) is 3.00. The third-order valence-electron chi connectivity index (χ3n) is 2.64. The van der Waals surface area contributed by atoms with Gasteiger partial charge < -0.3 is 15.7 Å². The number of carbonyl (C=O) groups is 2. The van der Waals surface area contributed by atoms with Crippen LogP contribution in [-0.2, 0) is 9.59 Å². The highest BCUT2D eigenvalue weighted by molar-refractivity contribution is 5.77. The number of rotatable bonds is 8. The summed E-state index contributed by atoms with van der Waals surface area (Å²) in [7, 11) is 0. The van der Waals surface area contributed by atoms with Gasteiger partial charge in [-0.05, 0) is 19.3 Å². The molecule has 0 saturated heterocycles. The summed E-state index contributed by atoms with van der Waals surface area (Å²) in [6, 6.07) is 0.361. The highest BCUT2D eigenvalue weighted by Gasteiger charge is 2.20. The van der Waals surface area contributed by atoms with Crippen LogP contribution in [0.1, 0.15) is 39.0 Å². The second kappa shape index (κ2) is 6.48. The molecule has 3 N–H and O–H groups in total. The van der Waals surface area contributed by atoms with Crippen molar-refractivity contribution >= 4 is 11.9 Å². The minimum atomic E-state index is -0.872. The quantitative estimate of drug-likeness (QED) is 0.565. The van der Waals surface area contributed by atoms with Crippen molar-refractivity contribution in [3.05, 3.63) is 0 Å². The zero-order chi connectivity index (χ0) is 12.0. The third kappa shape index (κ3) is 5.70. The van der Waals surface area contributed by atoms with Gasteiger partial charge in [-0.3, -0.25) is 9.59 Å². The van der Waals surface area contributed by atoms with Crippen LogP contribution in [0.5, 0.6) is 0 Å². The second-order valence-corrected chi connectivity index (χ2v) is 4.25. The molecule has 1 fully saturated rings. The van der Waals surface area contributed by atoms with Gasteiger partial charge in [-0.15, -0.1) is 0 Å². The van der Waals surface area contributed by atoms with Crippen LogP contribution in [0.2, 0.25) is 0 Å². The van der Waals surface area contributed by atoms with E-state index >= 15 is 0 Å². The lowest BCUT2D eigenvalue weighted by Gasteiger charge is -2.14. The lowest BCUT2D eigenvalue weighted by molar-refractivity contribution is -0.137. The number of carboxylic acids is 1. The first-order valence-electron chi connectivity index (χ1n) is 5.86. The fraction of sp³-hybridized carbons (Fsp3) is 0.818. The molecule has 0 radical (unpaired) electrons. The summed E-state index contributed by atoms with van der Waals surface area (Å²) in [6.45, 7) is 2.55. The second-order valence-electron chi connectivity index (χ2n) is 4.25. The molecular formula is C11H20N2O3. The predicted octanol–water partition coefficient (Wildman–Crippen LogP) is 0.498. The molecule has 1 amide bonds. The van der Waals surface area contributed by atoms with Gasteiger partial charge in [0.2, 0.25) is 5.91 Å². The van der Waals surface area contributed by atoms with E-state index in [9.17, 15) is 9.59 Å². The van der Waals surface area contributed by atoms with Gasteiger partial charge in [0.15, 0.2) is 0 Å². The van der Waals surface area contributed by atoms with Crippen LogP contribution >= 0.6 is 0 Å². The van der Waals surface area contributed by atoms with Crippen LogP contribution in [0.25, 0.3) is 0 Å². The standard InChI is InChI=1S/C11H20N2O3/c1-2-8(7-11(15)16)13-10(14)5-6-12-9-3-4-9/h8-9,12H,2-7H2,1H3,(H,13,14)(H,15,16). The zero-order valence-electron chi connectivity index (χ0n) is 9.66. The number of hydrogen-bond donors (Lipinski definition) is 3. The largest absolute Gasteiger partial charge is 0.481 e. The molecule has 1 atom stereocenters. The molecule has 0 aliphatic heterocycles. The fourth-order valence-corrected chi connectivity index (χ4v) is 1.49. The van der Waals surface area contributed by atoms with Crippen molar-refractivity contribution in [3.63, 3.8) is 0 Å². The smallest absolute Gasteiger partial charge is 0.305 e. The predicted molar refractivity (Wildman–Crippen MR) is 60.1 cm³/mol. The van der Waals surface area contributed by atoms with Gasteiger partial charge in [-0.25, -0.2) is 0 Å². The average molecular weight is 228 g/mol. The summed E-state index contributed by atoms with van der Waals surface area (Å²) < 4.78 is 0. The van der Waals surface area contributed by atoms with Crippen molar-refractivity contribution in [1.82, 2.24) is 10.6 Å². The minimum absolute atomic E-state index is 0.00169. The molecule has 1 unspecified atom stereocenters. The van der Waals surface area contributed by atoms with Gasteiger partial charge in [0.1, 0.15) is 0 Å². The van der Waals surface area contributed by atoms with Gasteiger partial charge in [0, 0.05) is 25.0 Å². The first kappa shape index (κ1) is 13.0. The number of aliphatic carboxylic acids is 1. The van der Waals surface area contributed by atoms with Crippen molar-refractivity contribution < 1.29 is 14.7 Å². The maximum Gasteiger partial charge on any atom is 0.305 e. The molecule has 0 aromatic rings. The maximum absolute atomic E-state index is 11.5. The molecule has 5 nitrogen and oxygen atoms in total. The Kier molecular flexibility index (Phi) is 5.25. The van der Waals surface area contributed by atoms with E-state index in [1.165, 1.54) is 12.8 Å². The normalized spacial score (nSPS) is 16.8. The number of hydrogen-bond acceptors (Lipinski definition) is 3. The Balaban J connectivity index is 2.11. The molecule has 1 aliphatic rings. The van der Waals surface area contributed by atoms with Gasteiger partial charge >= 0.3 is 5.97 Å². The molecule has 0 heterocycles. The molecule has 0 bridgehead atoms. The molecule has 0 aromatic carbocycles. The first-order valence-corrected chi connectivity index (χ1v) is 5.86.